The predicted octanol–water partition coefficient (Wildman–Crippen LogP) is 7.27. The quantitative estimate of drug-likeness (QED) is 0.205. The molecular weight excluding hydrogens is 190 g/mol. The van der Waals surface area contributed by atoms with E-state index in [1.165, 1.54) is 0 Å². The van der Waals surface area contributed by atoms with Crippen LogP contribution in [0.3, 0.4) is 0 Å². The molecule has 0 aliphatic rings. The average Bonchev–Trinajstić information content (AvgIpc) is 1.46. The minimum atomic E-state index is 0. The molecule has 0 aromatic carbocycles. The summed E-state index contributed by atoms with van der Waals surface area (Å²) in [7, 11) is 0. The van der Waals surface area contributed by atoms with Crippen LogP contribution in [0.5, 0.6) is 0 Å². The van der Waals surface area contributed by atoms with Gasteiger partial charge in [-0.3, -0.25) is 0 Å². The monoisotopic (exact) mass is 231 g/mol. The summed E-state index contributed by atoms with van der Waals surface area (Å²) < 4.78 is 0. The zero-order valence-corrected chi connectivity index (χ0v) is 2.29. The molecule has 0 amide bonds. The molecule has 0 aliphatic heterocycles. The van der Waals surface area contributed by atoms with Crippen LogP contribution < -0.4 is 0 Å². The second-order valence-electron chi connectivity index (χ2n) is 0.100. The minimum absolute atomic E-state index is 0. The fourth-order valence-electron chi connectivity index (χ4n) is 0. The van der Waals surface area contributed by atoms with E-state index in [1.807, 2.05) is 0 Å². The van der Waals surface area contributed by atoms with Crippen molar-refractivity contribution in [3.05, 3.63) is 10.4 Å². The predicted molar refractivity (Wildman–Crippen MR) is 80.2 cm³/mol. The maximum atomic E-state index is 6.86. The molecule has 5 heteroatoms. The highest BCUT2D eigenvalue weighted by atomic mass is 15.0. The van der Waals surface area contributed by atoms with E-state index in [4.69, 9.17) is 21.8 Å². The topological polar surface area (TPSA) is 108 Å². The van der Waals surface area contributed by atoms with Crippen LogP contribution >= 0.6 is 0 Å². The van der Waals surface area contributed by atoms with Gasteiger partial charge in [0.25, 0.3) is 0 Å². The normalized spacial score (nSPS) is 0.667. The highest BCUT2D eigenvalue weighted by Crippen LogP contribution is 1.24. The van der Waals surface area contributed by atoms with Crippen LogP contribution in [-0.4, -0.2) is 0 Å². The molecule has 0 unspecified atom stereocenters. The van der Waals surface area contributed by atoms with E-state index < -0.39 is 0 Å². The van der Waals surface area contributed by atoms with E-state index in [2.05, 4.69) is 0 Å². The lowest BCUT2D eigenvalue weighted by Crippen LogP contribution is -0.769. The van der Waals surface area contributed by atoms with Gasteiger partial charge in [-0.2, -0.15) is 0 Å². The van der Waals surface area contributed by atoms with Gasteiger partial charge in [0.05, 0.1) is 0 Å². The largest absolute Gasteiger partial charge is 0.108 e. The number of nitrogens with one attached hydrogen (secondary N) is 1. The first-order chi connectivity index (χ1) is 2.41. The molecule has 0 heterocycles. The third-order valence-electron chi connectivity index (χ3n) is 0. The second kappa shape index (κ2) is 24000. The van der Waals surface area contributed by atoms with E-state index in [0.717, 1.165) is 0 Å². The van der Waals surface area contributed by atoms with E-state index in [-0.39, 0.29) is 74.3 Å². The first-order valence-electron chi connectivity index (χ1n) is 0.624. The number of hydrogen-bond acceptors (Lipinski definition) is 3. The van der Waals surface area contributed by atoms with Gasteiger partial charge in [-0.05, 0) is 10.4 Å². The number of nitrogens with zero attached hydrogens (tertiary/aromatic N) is 4. The van der Waals surface area contributed by atoms with Gasteiger partial charge in [0.2, 0.25) is 0 Å². The molecule has 106 valence electrons. The Bertz CT molecular complexity index is 56.1. The SMILES string of the molecule is C.C.C.C.C.C.C.C.C.C.N#N.[N-]=[N+]=N. The zero-order chi connectivity index (χ0) is 4.71. The van der Waals surface area contributed by atoms with Crippen LogP contribution in [0.1, 0.15) is 74.3 Å². The highest BCUT2D eigenvalue weighted by Gasteiger charge is 0.973. The summed E-state index contributed by atoms with van der Waals surface area (Å²) in [4.78, 5) is 1.75. The third kappa shape index (κ3) is 909. The fraction of sp³-hybridized carbons (Fsp3) is 1.00. The summed E-state index contributed by atoms with van der Waals surface area (Å²) in [5, 5.41) is 12.0. The first-order valence-corrected chi connectivity index (χ1v) is 0.624. The molecule has 15 heavy (non-hydrogen) atoms. The summed E-state index contributed by atoms with van der Waals surface area (Å²) in [5.41, 5.74) is 12.2. The lowest BCUT2D eigenvalue weighted by atomic mass is 12.0. The van der Waals surface area contributed by atoms with Gasteiger partial charge in [-0.15, -0.1) is 5.53 Å². The Hall–Kier alpha value is -1.27. The van der Waals surface area contributed by atoms with Crippen LogP contribution in [0.2, 0.25) is 0 Å². The van der Waals surface area contributed by atoms with Crippen LogP contribution in [0.15, 0.2) is 0 Å². The molecule has 0 saturated carbocycles. The van der Waals surface area contributed by atoms with Gasteiger partial charge in [0.1, 0.15) is 0 Å². The molecule has 0 bridgehead atoms. The molecule has 1 N–H and O–H groups in total. The zero-order valence-electron chi connectivity index (χ0n) is 2.29. The maximum absolute atomic E-state index is 6.86. The molecule has 0 aromatic heterocycles. The Kier molecular flexibility index (Phi) is 1190000. The third-order valence-corrected chi connectivity index (χ3v) is 0. The molecule has 0 spiro atoms. The molecule has 0 rings (SSSR count). The van der Waals surface area contributed by atoms with E-state index in [1.54, 1.807) is 4.91 Å². The van der Waals surface area contributed by atoms with Crippen LogP contribution in [0.25, 0.3) is 10.4 Å². The molecule has 0 fully saturated rings. The molecule has 5 nitrogen and oxygen atoms in total. The summed E-state index contributed by atoms with van der Waals surface area (Å²) in [6.07, 6.45) is 0. The van der Waals surface area contributed by atoms with E-state index in [9.17, 15) is 0 Å². The standard InChI is InChI=1S/10CH4.HN3.N2/c;;;;;;;;;;1-3-2;1-2/h10*1H4;1H;. The van der Waals surface area contributed by atoms with Gasteiger partial charge < -0.3 is 0 Å². The Morgan fingerprint density at radius 1 is 0.600 bits per heavy atom. The van der Waals surface area contributed by atoms with Crippen LogP contribution in [0, 0.1) is 16.3 Å². The summed E-state index contributed by atoms with van der Waals surface area (Å²) in [6.45, 7) is 0. The summed E-state index contributed by atoms with van der Waals surface area (Å²) in [5.74, 6) is 0. The Labute approximate surface area is 102 Å². The molecular formula is C10H41N5. The van der Waals surface area contributed by atoms with Gasteiger partial charge in [-0.25, -0.2) is 0 Å². The molecule has 0 aromatic rings. The fourth-order valence-corrected chi connectivity index (χ4v) is 0. The first kappa shape index (κ1) is 743. The van der Waals surface area contributed by atoms with Gasteiger partial charge in [0, 0.05) is 10.8 Å². The van der Waals surface area contributed by atoms with Crippen LogP contribution in [-0.2, 0) is 0 Å². The van der Waals surface area contributed by atoms with Crippen molar-refractivity contribution < 1.29 is 0 Å². The van der Waals surface area contributed by atoms with Crippen molar-refractivity contribution in [1.29, 1.82) is 16.3 Å². The van der Waals surface area contributed by atoms with Crippen molar-refractivity contribution >= 4 is 0 Å². The smallest absolute Gasteiger partial charge is 0 e. The Balaban J connectivity index is -0.000000000731. The lowest BCUT2D eigenvalue weighted by molar-refractivity contribution is 1.15. The van der Waals surface area contributed by atoms with Crippen molar-refractivity contribution in [2.24, 2.45) is 0 Å². The van der Waals surface area contributed by atoms with Crippen LogP contribution in [0.4, 0.5) is 0 Å². The van der Waals surface area contributed by atoms with Crippen molar-refractivity contribution in [2.75, 3.05) is 0 Å². The van der Waals surface area contributed by atoms with E-state index in [0.29, 0.717) is 0 Å². The van der Waals surface area contributed by atoms with Gasteiger partial charge >= 0.3 is 0 Å². The summed E-state index contributed by atoms with van der Waals surface area (Å²) >= 11 is 0. The van der Waals surface area contributed by atoms with Crippen molar-refractivity contribution in [1.82, 2.24) is 0 Å². The van der Waals surface area contributed by atoms with Crippen molar-refractivity contribution in [3.8, 4) is 0 Å². The lowest BCUT2D eigenvalue weighted by Gasteiger charge is -1.03. The second-order valence-corrected chi connectivity index (χ2v) is 0.100. The molecule has 0 saturated heterocycles. The molecule has 0 radical (unpaired) electrons. The summed E-state index contributed by atoms with van der Waals surface area (Å²) in [6, 6.07) is 0. The van der Waals surface area contributed by atoms with Gasteiger partial charge in [0.15, 0.2) is 0 Å². The van der Waals surface area contributed by atoms with Crippen molar-refractivity contribution in [3.63, 3.8) is 0 Å². The van der Waals surface area contributed by atoms with E-state index >= 15 is 0 Å². The molecule has 0 atom stereocenters. The average molecular weight is 231 g/mol. The minimum Gasteiger partial charge on any atom is -0.108 e. The molecule has 0 aliphatic carbocycles. The van der Waals surface area contributed by atoms with Gasteiger partial charge in [-0.1, -0.05) is 74.3 Å². The number of rotatable bonds is 0. The Morgan fingerprint density at radius 2 is 0.600 bits per heavy atom. The van der Waals surface area contributed by atoms with Crippen molar-refractivity contribution in [2.45, 2.75) is 74.3 Å². The Morgan fingerprint density at radius 3 is 0.600 bits per heavy atom. The maximum Gasteiger partial charge on any atom is 0 e. The highest BCUT2D eigenvalue weighted by molar-refractivity contribution is 4.18. The number of hydrogen-bond donors (Lipinski definition) is 1.